The zero-order valence-corrected chi connectivity index (χ0v) is 14.9. The largest absolute Gasteiger partial charge is 0.508 e. The number of hydrogen-bond donors (Lipinski definition) is 2. The Morgan fingerprint density at radius 2 is 2.07 bits per heavy atom. The normalized spacial score (nSPS) is 12.1. The second-order valence-electron chi connectivity index (χ2n) is 6.61. The first-order chi connectivity index (χ1) is 12.9. The highest BCUT2D eigenvalue weighted by Crippen LogP contribution is 2.37. The molecule has 0 spiro atoms. The second-order valence-corrected chi connectivity index (χ2v) is 6.61. The highest BCUT2D eigenvalue weighted by atomic mass is 16.7. The first kappa shape index (κ1) is 17.1. The minimum Gasteiger partial charge on any atom is -0.508 e. The molecule has 4 rings (SSSR count). The van der Waals surface area contributed by atoms with Gasteiger partial charge in [-0.2, -0.15) is 0 Å². The topological polar surface area (TPSA) is 102 Å². The molecule has 7 heteroatoms. The van der Waals surface area contributed by atoms with Gasteiger partial charge in [-0.15, -0.1) is 0 Å². The summed E-state index contributed by atoms with van der Waals surface area (Å²) in [6.07, 6.45) is -0.676. The molecule has 0 atom stereocenters. The molecule has 138 valence electrons. The Kier molecular flexibility index (Phi) is 3.87. The number of nitrogens with zero attached hydrogens (tertiary/aromatic N) is 2. The van der Waals surface area contributed by atoms with E-state index in [0.717, 1.165) is 39.8 Å². The molecule has 2 N–H and O–H groups in total. The van der Waals surface area contributed by atoms with Gasteiger partial charge in [0.25, 0.3) is 5.56 Å². The van der Waals surface area contributed by atoms with Crippen LogP contribution in [0.2, 0.25) is 0 Å². The van der Waals surface area contributed by atoms with Gasteiger partial charge in [0.1, 0.15) is 12.4 Å². The van der Waals surface area contributed by atoms with E-state index in [9.17, 15) is 14.7 Å². The third kappa shape index (κ3) is 2.63. The predicted octanol–water partition coefficient (Wildman–Crippen LogP) is 3.20. The molecule has 0 amide bonds. The highest BCUT2D eigenvalue weighted by Gasteiger charge is 2.27. The van der Waals surface area contributed by atoms with Crippen molar-refractivity contribution in [3.63, 3.8) is 0 Å². The Morgan fingerprint density at radius 1 is 1.30 bits per heavy atom. The van der Waals surface area contributed by atoms with Gasteiger partial charge in [0, 0.05) is 10.9 Å². The maximum absolute atomic E-state index is 12.9. The molecule has 3 aromatic rings. The van der Waals surface area contributed by atoms with Gasteiger partial charge < -0.3 is 19.5 Å². The summed E-state index contributed by atoms with van der Waals surface area (Å²) < 4.78 is 6.22. The number of fused-ring (bicyclic) bond motifs is 4. The maximum Gasteiger partial charge on any atom is 0.506 e. The van der Waals surface area contributed by atoms with E-state index in [0.29, 0.717) is 17.7 Å². The number of ether oxygens (including phenoxy) is 1. The van der Waals surface area contributed by atoms with E-state index in [1.54, 1.807) is 29.7 Å². The van der Waals surface area contributed by atoms with Crippen LogP contribution >= 0.6 is 0 Å². The third-order valence-electron chi connectivity index (χ3n) is 5.06. The molecule has 0 aliphatic carbocycles. The van der Waals surface area contributed by atoms with Gasteiger partial charge in [0.05, 0.1) is 29.0 Å². The zero-order chi connectivity index (χ0) is 19.3. The van der Waals surface area contributed by atoms with Crippen molar-refractivity contribution >= 4 is 17.1 Å². The molecule has 7 nitrogen and oxygen atoms in total. The Labute approximate surface area is 154 Å². The van der Waals surface area contributed by atoms with Gasteiger partial charge >= 0.3 is 6.16 Å². The van der Waals surface area contributed by atoms with Crippen LogP contribution in [0.1, 0.15) is 29.2 Å². The fourth-order valence-electron chi connectivity index (χ4n) is 3.77. The second kappa shape index (κ2) is 6.12. The third-order valence-corrected chi connectivity index (χ3v) is 5.06. The summed E-state index contributed by atoms with van der Waals surface area (Å²) in [6, 6.07) is 6.92. The van der Waals surface area contributed by atoms with E-state index in [1.807, 2.05) is 13.0 Å². The summed E-state index contributed by atoms with van der Waals surface area (Å²) in [6.45, 7) is 3.88. The monoisotopic (exact) mass is 366 g/mol. The Bertz CT molecular complexity index is 1160. The average Bonchev–Trinajstić information content (AvgIpc) is 2.97. The number of pyridine rings is 2. The van der Waals surface area contributed by atoms with Crippen LogP contribution in [0.15, 0.2) is 29.1 Å². The number of hydrogen-bond acceptors (Lipinski definition) is 5. The van der Waals surface area contributed by atoms with Crippen LogP contribution in [0, 0.1) is 6.92 Å². The summed E-state index contributed by atoms with van der Waals surface area (Å²) in [5.41, 5.74) is 4.99. The van der Waals surface area contributed by atoms with Crippen LogP contribution in [-0.4, -0.2) is 25.9 Å². The summed E-state index contributed by atoms with van der Waals surface area (Å²) in [5, 5.41) is 19.5. The van der Waals surface area contributed by atoms with Gasteiger partial charge in [-0.25, -0.2) is 9.78 Å². The lowest BCUT2D eigenvalue weighted by Crippen LogP contribution is -2.25. The Balaban J connectivity index is 1.94. The molecular weight excluding hydrogens is 348 g/mol. The fourth-order valence-corrected chi connectivity index (χ4v) is 3.77. The van der Waals surface area contributed by atoms with Gasteiger partial charge in [-0.1, -0.05) is 6.92 Å². The number of aryl methyl sites for hydroxylation is 2. The number of carbonyl (C=O) groups is 1. The van der Waals surface area contributed by atoms with E-state index in [1.165, 1.54) is 0 Å². The van der Waals surface area contributed by atoms with Crippen LogP contribution in [0.3, 0.4) is 0 Å². The van der Waals surface area contributed by atoms with Crippen molar-refractivity contribution in [3.8, 4) is 17.1 Å². The molecule has 2 aromatic heterocycles. The van der Waals surface area contributed by atoms with Crippen molar-refractivity contribution in [1.82, 2.24) is 9.55 Å². The van der Waals surface area contributed by atoms with Crippen molar-refractivity contribution < 1.29 is 19.7 Å². The minimum atomic E-state index is -1.41. The Morgan fingerprint density at radius 3 is 2.78 bits per heavy atom. The highest BCUT2D eigenvalue weighted by molar-refractivity contribution is 5.89. The van der Waals surface area contributed by atoms with Crippen LogP contribution in [-0.2, 0) is 24.3 Å². The average molecular weight is 366 g/mol. The lowest BCUT2D eigenvalue weighted by Gasteiger charge is -2.10. The summed E-state index contributed by atoms with van der Waals surface area (Å²) >= 11 is 0. The summed E-state index contributed by atoms with van der Waals surface area (Å²) in [5.74, 6) is 0.176. The Hall–Kier alpha value is -3.35. The lowest BCUT2D eigenvalue weighted by atomic mass is 9.98. The number of benzene rings is 1. The molecule has 27 heavy (non-hydrogen) atoms. The number of aromatic nitrogens is 2. The summed E-state index contributed by atoms with van der Waals surface area (Å²) in [4.78, 5) is 28.4. The van der Waals surface area contributed by atoms with Gasteiger partial charge in [-0.05, 0) is 48.7 Å². The molecule has 0 saturated carbocycles. The number of carboxylic acid groups (broad SMARTS) is 1. The molecule has 0 bridgehead atoms. The van der Waals surface area contributed by atoms with Gasteiger partial charge in [0.15, 0.2) is 0 Å². The van der Waals surface area contributed by atoms with Crippen molar-refractivity contribution in [1.29, 1.82) is 0 Å². The fraction of sp³-hybridized carbons (Fsp3) is 0.250. The van der Waals surface area contributed by atoms with Crippen LogP contribution in [0.25, 0.3) is 22.3 Å². The van der Waals surface area contributed by atoms with E-state index in [-0.39, 0.29) is 17.9 Å². The maximum atomic E-state index is 12.9. The first-order valence-corrected chi connectivity index (χ1v) is 8.64. The lowest BCUT2D eigenvalue weighted by molar-refractivity contribution is 0.0848. The van der Waals surface area contributed by atoms with Crippen LogP contribution < -0.4 is 5.56 Å². The van der Waals surface area contributed by atoms with Gasteiger partial charge in [0.2, 0.25) is 0 Å². The van der Waals surface area contributed by atoms with Crippen molar-refractivity contribution in [2.75, 3.05) is 0 Å². The predicted molar refractivity (Wildman–Crippen MR) is 99.1 cm³/mol. The standard InChI is InChI=1S/C20H18N2O5/c1-3-12-13-7-11(23)4-5-16(13)21-18-14(12)8-22-17(18)6-10(2)15(19(22)24)9-27-20(25)26/h4-7,23H,3,8-9H2,1-2H3,(H,25,26). The molecule has 0 fully saturated rings. The molecule has 1 aromatic carbocycles. The molecule has 0 unspecified atom stereocenters. The molecule has 0 radical (unpaired) electrons. The first-order valence-electron chi connectivity index (χ1n) is 8.64. The quantitative estimate of drug-likeness (QED) is 0.540. The number of rotatable bonds is 3. The molecular formula is C20H18N2O5. The van der Waals surface area contributed by atoms with Crippen molar-refractivity contribution in [3.05, 3.63) is 56.9 Å². The van der Waals surface area contributed by atoms with E-state index in [4.69, 9.17) is 10.1 Å². The van der Waals surface area contributed by atoms with E-state index < -0.39 is 6.16 Å². The number of aromatic hydroxyl groups is 1. The van der Waals surface area contributed by atoms with Crippen LogP contribution in [0.5, 0.6) is 5.75 Å². The van der Waals surface area contributed by atoms with E-state index >= 15 is 0 Å². The SMILES string of the molecule is CCc1c2c(nc3ccc(O)cc13)-c1cc(C)c(COC(=O)O)c(=O)n1C2. The molecule has 3 heterocycles. The van der Waals surface area contributed by atoms with Crippen molar-refractivity contribution in [2.45, 2.75) is 33.4 Å². The number of phenolic OH excluding ortho intramolecular Hbond substituents is 1. The van der Waals surface area contributed by atoms with E-state index in [2.05, 4.69) is 4.74 Å². The molecule has 0 saturated heterocycles. The minimum absolute atomic E-state index is 0.176. The van der Waals surface area contributed by atoms with Gasteiger partial charge in [-0.3, -0.25) is 4.79 Å². The van der Waals surface area contributed by atoms with Crippen molar-refractivity contribution in [2.24, 2.45) is 0 Å². The van der Waals surface area contributed by atoms with Crippen LogP contribution in [0.4, 0.5) is 4.79 Å². The number of phenols is 1. The zero-order valence-electron chi connectivity index (χ0n) is 14.9. The smallest absolute Gasteiger partial charge is 0.506 e. The molecule has 1 aliphatic rings. The summed E-state index contributed by atoms with van der Waals surface area (Å²) in [7, 11) is 0. The molecule has 1 aliphatic heterocycles.